The molecule has 39 heteroatoms. The number of carboxylic acids is 1. The molecule has 15 amide bonds. The van der Waals surface area contributed by atoms with Crippen molar-refractivity contribution in [2.24, 2.45) is 34.8 Å². The summed E-state index contributed by atoms with van der Waals surface area (Å²) in [7, 11) is 2.81. The molecule has 5 aliphatic rings. The molecule has 0 bridgehead atoms. The number of aromatic amines is 1. The number of nitrogens with zero attached hydrogens (tertiary/aromatic N) is 7. The third kappa shape index (κ3) is 24.3. The molecule has 5 fully saturated rings. The Morgan fingerprint density at radius 1 is 0.546 bits per heavy atom. The molecule has 39 nitrogen and oxygen atoms in total. The number of aromatic hydroxyl groups is 1. The molecule has 3 aromatic carbocycles. The molecule has 7 heterocycles. The molecule has 20 N–H and O–H groups in total. The number of aliphatic carboxylic acids is 1. The van der Waals surface area contributed by atoms with Gasteiger partial charge in [-0.15, -0.1) is 0 Å². The van der Waals surface area contributed by atoms with Crippen molar-refractivity contribution in [3.8, 4) is 5.75 Å². The highest BCUT2D eigenvalue weighted by Crippen LogP contribution is 2.48. The quantitative estimate of drug-likeness (QED) is 0.0375. The third-order valence-corrected chi connectivity index (χ3v) is 25.2. The van der Waals surface area contributed by atoms with Gasteiger partial charge in [-0.05, 0) is 136 Å². The zero-order chi connectivity index (χ0) is 94.7. The Kier molecular flexibility index (Phi) is 35.0. The van der Waals surface area contributed by atoms with Gasteiger partial charge in [-0.3, -0.25) is 81.6 Å². The summed E-state index contributed by atoms with van der Waals surface area (Å²) in [5, 5.41) is 55.3. The average Bonchev–Trinajstić information content (AvgIpc) is 1.52. The second kappa shape index (κ2) is 45.4. The number of piperidine rings is 1. The van der Waals surface area contributed by atoms with Crippen molar-refractivity contribution in [3.05, 3.63) is 102 Å². The van der Waals surface area contributed by atoms with Crippen LogP contribution in [0.1, 0.15) is 174 Å². The van der Waals surface area contributed by atoms with E-state index in [1.807, 2.05) is 27.7 Å². The first-order chi connectivity index (χ1) is 61.9. The number of fused-ring (bicyclic) bond motifs is 4. The predicted octanol–water partition coefficient (Wildman–Crippen LogP) is -0.247. The highest BCUT2D eigenvalue weighted by molar-refractivity contribution is 6.10. The van der Waals surface area contributed by atoms with Crippen molar-refractivity contribution in [1.82, 2.24) is 81.5 Å². The van der Waals surface area contributed by atoms with Crippen LogP contribution in [-0.4, -0.2) is 293 Å². The maximum atomic E-state index is 15.9. The van der Waals surface area contributed by atoms with E-state index in [0.717, 1.165) is 14.7 Å². The summed E-state index contributed by atoms with van der Waals surface area (Å²) in [6, 6.07) is 0.831. The number of aromatic nitrogens is 2. The number of aliphatic hydroxyl groups excluding tert-OH is 1. The van der Waals surface area contributed by atoms with Gasteiger partial charge in [0.1, 0.15) is 84.8 Å². The molecule has 708 valence electrons. The summed E-state index contributed by atoms with van der Waals surface area (Å²) >= 11 is 0. The zero-order valence-corrected chi connectivity index (χ0v) is 75.4. The van der Waals surface area contributed by atoms with Gasteiger partial charge < -0.3 is 115 Å². The summed E-state index contributed by atoms with van der Waals surface area (Å²) in [6.45, 7) is 8.99. The number of benzene rings is 3. The number of carboxylic acid groups (broad SMARTS) is 1. The van der Waals surface area contributed by atoms with Gasteiger partial charge in [0, 0.05) is 107 Å². The van der Waals surface area contributed by atoms with E-state index in [-0.39, 0.29) is 134 Å². The normalized spacial score (nSPS) is 26.8. The first kappa shape index (κ1) is 100. The summed E-state index contributed by atoms with van der Waals surface area (Å²) < 4.78 is 1.47. The second-order valence-corrected chi connectivity index (χ2v) is 35.8. The molecule has 0 aliphatic carbocycles. The number of nitrogens with two attached hydrogens (primary N) is 4. The smallest absolute Gasteiger partial charge is 0.323 e. The van der Waals surface area contributed by atoms with Gasteiger partial charge in [-0.1, -0.05) is 116 Å². The lowest BCUT2D eigenvalue weighted by molar-refractivity contribution is -0.149. The molecule has 1 spiro atoms. The lowest BCUT2D eigenvalue weighted by Crippen LogP contribution is -2.61. The summed E-state index contributed by atoms with van der Waals surface area (Å²) in [4.78, 5) is 248. The Bertz CT molecular complexity index is 4940. The fourth-order valence-corrected chi connectivity index (χ4v) is 18.4. The van der Waals surface area contributed by atoms with E-state index in [0.29, 0.717) is 77.0 Å². The van der Waals surface area contributed by atoms with E-state index in [4.69, 9.17) is 22.9 Å². The number of carbonyl (C=O) groups is 16. The van der Waals surface area contributed by atoms with Crippen LogP contribution in [0.2, 0.25) is 0 Å². The SMILES string of the molecule is CCCC[C@H]1C(=O)N(C)[C@@H](CCCC)C(=O)N[C@@H](CC(C)C)C(=O)NCCC[C@@H](N)C(=O)N[C@@H](Cc2ccc(O)cc2)C(=O)N2CCCC[C@@]23C(=O)N3[C@@H](CC(N)=O)C(=O)N2CCC[C@H]2C(=O)N[C@@H](CN)C(=O)N[C@@H](CC(C)C)C(=O)N2C[C@H](O)C[C@H]2C(=O)N[C@@H](Cc2c[nH]c3ccccc23)C(=O)N[C@@H](CCN)C(=O)N[C@@H](Cc2cn(CC(=O)O)c3ccccc23)C(=O)N1C. The minimum Gasteiger partial charge on any atom is -0.508 e. The number of primary amides is 1. The number of carbonyl (C=O) groups excluding carboxylic acids is 15. The molecule has 0 radical (unpaired) electrons. The average molecular weight is 1810 g/mol. The molecule has 2 aromatic heterocycles. The Morgan fingerprint density at radius 2 is 1.13 bits per heavy atom. The van der Waals surface area contributed by atoms with Crippen molar-refractivity contribution in [1.29, 1.82) is 0 Å². The number of phenols is 1. The monoisotopic (exact) mass is 1810 g/mol. The van der Waals surface area contributed by atoms with E-state index in [1.54, 1.807) is 68.6 Å². The molecular weight excluding hydrogens is 1680 g/mol. The number of hydrogen-bond donors (Lipinski definition) is 16. The van der Waals surface area contributed by atoms with Gasteiger partial charge in [0.25, 0.3) is 5.91 Å². The molecule has 130 heavy (non-hydrogen) atoms. The highest BCUT2D eigenvalue weighted by atomic mass is 16.4. The van der Waals surface area contributed by atoms with Gasteiger partial charge in [0.05, 0.1) is 18.6 Å². The van der Waals surface area contributed by atoms with Crippen molar-refractivity contribution in [2.75, 3.05) is 53.4 Å². The van der Waals surface area contributed by atoms with Crippen LogP contribution in [0.15, 0.2) is 85.2 Å². The highest BCUT2D eigenvalue weighted by Gasteiger charge is 2.72. The molecule has 0 unspecified atom stereocenters. The number of likely N-dealkylation sites (N-methyl/N-ethyl adjacent to an activating group) is 2. The number of amides is 15. The standard InChI is InChI=1S/C91H130N20O19/c1-9-11-25-70-82(122)99-63(39-51(3)4)78(118)96-36-19-23-60(94)77(117)101-66(41-53-29-31-56(112)32-30-53)87(127)110-38-18-17-34-91(110)90(130)111(91)74(45-75(95)114)89(129)108-37-20-28-71(108)83(123)104-68(46-93)81(121)102-65(40-52(5)6)86(126)109-49-57(113)44-73(109)84(124)100-64(42-54-47-97-61-24-15-13-21-58(54)61)80(120)98-62(33-35-92)79(119)103-67(85(125)106(8)72(26-12-10-2)88(128)105(70)7)43-55-48-107(50-76(115)116)69-27-16-14-22-59(55)69/h13-16,21-22,24,27,29-32,47-48,51-52,57,60,62-68,70-74,97,112-113H,9-12,17-20,23,25-26,28,33-46,49-50,92-94H2,1-8H3,(H2,95,114)(H,96,118)(H,98,120)(H,99,122)(H,100,124)(H,101,117)(H,102,121)(H,103,119)(H,104,123)(H,115,116)/t57-,60-,62+,63+,64+,65+,66+,67+,68+,70+,71+,72+,73+,74+,91-,111?/m1/s1. The van der Waals surface area contributed by atoms with E-state index in [2.05, 4.69) is 47.5 Å². The summed E-state index contributed by atoms with van der Waals surface area (Å²) in [6.07, 6.45) is 2.66. The maximum Gasteiger partial charge on any atom is 0.323 e. The van der Waals surface area contributed by atoms with E-state index in [9.17, 15) is 48.9 Å². The van der Waals surface area contributed by atoms with Crippen LogP contribution in [0.25, 0.3) is 21.8 Å². The first-order valence-corrected chi connectivity index (χ1v) is 45.4. The minimum atomic E-state index is -1.86. The molecule has 5 saturated heterocycles. The predicted molar refractivity (Wildman–Crippen MR) is 478 cm³/mol. The fourth-order valence-electron chi connectivity index (χ4n) is 18.4. The van der Waals surface area contributed by atoms with Gasteiger partial charge in [0.15, 0.2) is 5.66 Å². The van der Waals surface area contributed by atoms with Crippen molar-refractivity contribution < 1.29 is 92.0 Å². The Balaban J connectivity index is 1.01. The number of rotatable bonds is 23. The van der Waals surface area contributed by atoms with E-state index < -0.39 is 211 Å². The van der Waals surface area contributed by atoms with E-state index in [1.165, 1.54) is 63.8 Å². The van der Waals surface area contributed by atoms with Crippen LogP contribution in [0.4, 0.5) is 0 Å². The first-order valence-electron chi connectivity index (χ1n) is 45.4. The van der Waals surface area contributed by atoms with Gasteiger partial charge in [-0.25, -0.2) is 0 Å². The topological polar surface area (TPSA) is 574 Å². The van der Waals surface area contributed by atoms with Crippen LogP contribution < -0.4 is 65.5 Å². The van der Waals surface area contributed by atoms with Crippen molar-refractivity contribution >= 4 is 116 Å². The van der Waals surface area contributed by atoms with E-state index >= 15 is 43.2 Å². The van der Waals surface area contributed by atoms with Crippen molar-refractivity contribution in [3.63, 3.8) is 0 Å². The molecule has 0 saturated carbocycles. The fraction of sp³-hybridized carbons (Fsp3) is 0.582. The Labute approximate surface area is 755 Å². The second-order valence-electron chi connectivity index (χ2n) is 35.8. The summed E-state index contributed by atoms with van der Waals surface area (Å²) in [5.74, 6) is -14.4. The number of phenolic OH excluding ortho intramolecular Hbond substituents is 1. The largest absolute Gasteiger partial charge is 0.508 e. The third-order valence-electron chi connectivity index (χ3n) is 25.2. The molecular formula is C91H130N20O19. The number of aliphatic hydroxyl groups is 1. The number of para-hydroxylation sites is 2. The van der Waals surface area contributed by atoms with Crippen LogP contribution >= 0.6 is 0 Å². The van der Waals surface area contributed by atoms with Gasteiger partial charge in [-0.2, -0.15) is 0 Å². The van der Waals surface area contributed by atoms with Gasteiger partial charge in [0.2, 0.25) is 82.7 Å². The van der Waals surface area contributed by atoms with Crippen molar-refractivity contribution in [2.45, 2.75) is 273 Å². The Hall–Kier alpha value is -12.1. The number of nitrogens with one attached hydrogen (secondary N) is 9. The molecule has 5 aliphatic heterocycles. The van der Waals surface area contributed by atoms with Crippen LogP contribution in [-0.2, 0) is 103 Å². The van der Waals surface area contributed by atoms with Crippen LogP contribution in [0.3, 0.4) is 0 Å². The summed E-state index contributed by atoms with van der Waals surface area (Å²) in [5.41, 5.74) is 25.7. The zero-order valence-electron chi connectivity index (χ0n) is 75.4. The number of hydrogen-bond acceptors (Lipinski definition) is 21. The molecule has 15 atom stereocenters. The number of unbranched alkanes of at least 4 members (excludes halogenated alkanes) is 2. The Morgan fingerprint density at radius 3 is 1.80 bits per heavy atom. The van der Waals surface area contributed by atoms with Crippen LogP contribution in [0.5, 0.6) is 5.75 Å². The molecule has 10 rings (SSSR count). The molecule has 5 aromatic rings. The van der Waals surface area contributed by atoms with Gasteiger partial charge >= 0.3 is 5.97 Å². The van der Waals surface area contributed by atoms with Crippen LogP contribution in [0, 0.1) is 11.8 Å². The lowest BCUT2D eigenvalue weighted by Gasteiger charge is -2.39. The maximum absolute atomic E-state index is 15.9. The minimum absolute atomic E-state index is 0.0111. The lowest BCUT2D eigenvalue weighted by atomic mass is 9.97. The number of H-pyrrole nitrogens is 1.